The summed E-state index contributed by atoms with van der Waals surface area (Å²) in [4.78, 5) is 29.8. The van der Waals surface area contributed by atoms with Crippen molar-refractivity contribution in [3.8, 4) is 0 Å². The highest BCUT2D eigenvalue weighted by Gasteiger charge is 2.19. The van der Waals surface area contributed by atoms with E-state index in [1.807, 2.05) is 11.9 Å². The maximum atomic E-state index is 12.2. The number of aliphatic imine (C=N–C) groups is 1. The summed E-state index contributed by atoms with van der Waals surface area (Å²) < 4.78 is 0. The van der Waals surface area contributed by atoms with Crippen molar-refractivity contribution in [1.29, 1.82) is 0 Å². The van der Waals surface area contributed by atoms with Gasteiger partial charge in [0.2, 0.25) is 6.08 Å². The number of carbonyl (C=O) groups excluding carboxylic acids is 2. The Bertz CT molecular complexity index is 470. The van der Waals surface area contributed by atoms with Crippen molar-refractivity contribution in [1.82, 2.24) is 9.80 Å². The van der Waals surface area contributed by atoms with Crippen LogP contribution in [0.15, 0.2) is 29.3 Å². The molecule has 2 rings (SSSR count). The normalized spacial score (nSPS) is 16.2. The molecule has 0 aromatic heterocycles. The molecule has 0 bridgehead atoms. The van der Waals surface area contributed by atoms with Crippen LogP contribution in [0.1, 0.15) is 10.4 Å². The first-order valence-corrected chi connectivity index (χ1v) is 5.86. The summed E-state index contributed by atoms with van der Waals surface area (Å²) in [6, 6.07) is 6.68. The van der Waals surface area contributed by atoms with Crippen LogP contribution < -0.4 is 0 Å². The number of rotatable bonds is 2. The molecule has 0 spiro atoms. The van der Waals surface area contributed by atoms with Gasteiger partial charge in [-0.2, -0.15) is 4.99 Å². The predicted molar refractivity (Wildman–Crippen MR) is 67.6 cm³/mol. The molecular formula is C13H15N3O2. The highest BCUT2D eigenvalue weighted by atomic mass is 16.2. The molecule has 5 nitrogen and oxygen atoms in total. The Morgan fingerprint density at radius 3 is 2.33 bits per heavy atom. The lowest BCUT2D eigenvalue weighted by molar-refractivity contribution is 0.0664. The van der Waals surface area contributed by atoms with E-state index < -0.39 is 0 Å². The van der Waals surface area contributed by atoms with E-state index in [0.29, 0.717) is 11.3 Å². The maximum Gasteiger partial charge on any atom is 0.253 e. The monoisotopic (exact) mass is 245 g/mol. The summed E-state index contributed by atoms with van der Waals surface area (Å²) in [6.45, 7) is 3.31. The summed E-state index contributed by atoms with van der Waals surface area (Å²) in [5.74, 6) is 0.0322. The second-order valence-electron chi connectivity index (χ2n) is 4.35. The van der Waals surface area contributed by atoms with Gasteiger partial charge >= 0.3 is 0 Å². The Kier molecular flexibility index (Phi) is 3.87. The van der Waals surface area contributed by atoms with Crippen molar-refractivity contribution in [2.24, 2.45) is 4.99 Å². The highest BCUT2D eigenvalue weighted by Crippen LogP contribution is 2.14. The lowest BCUT2D eigenvalue weighted by atomic mass is 10.1. The minimum absolute atomic E-state index is 0.0322. The molecule has 0 radical (unpaired) electrons. The molecule has 1 saturated heterocycles. The second kappa shape index (κ2) is 5.58. The summed E-state index contributed by atoms with van der Waals surface area (Å²) in [5, 5.41) is 0. The fraction of sp³-hybridized carbons (Fsp3) is 0.385. The molecule has 1 aliphatic rings. The smallest absolute Gasteiger partial charge is 0.253 e. The van der Waals surface area contributed by atoms with Crippen LogP contribution in [0.3, 0.4) is 0 Å². The van der Waals surface area contributed by atoms with Crippen LogP contribution in [0.5, 0.6) is 0 Å². The Morgan fingerprint density at radius 1 is 1.17 bits per heavy atom. The minimum Gasteiger partial charge on any atom is -0.336 e. The van der Waals surface area contributed by atoms with Gasteiger partial charge < -0.3 is 9.80 Å². The van der Waals surface area contributed by atoms with Crippen LogP contribution in [-0.2, 0) is 4.79 Å². The molecule has 0 N–H and O–H groups in total. The number of isocyanates is 1. The first-order valence-electron chi connectivity index (χ1n) is 5.86. The molecule has 1 aromatic rings. The van der Waals surface area contributed by atoms with Gasteiger partial charge in [0, 0.05) is 31.7 Å². The van der Waals surface area contributed by atoms with Crippen molar-refractivity contribution >= 4 is 17.7 Å². The standard InChI is InChI=1S/C13H15N3O2/c1-15-6-8-16(9-7-15)13(18)11-2-4-12(5-3-11)14-10-17/h2-5H,6-9H2,1H3. The average Bonchev–Trinajstić information content (AvgIpc) is 2.40. The van der Waals surface area contributed by atoms with Crippen molar-refractivity contribution in [2.75, 3.05) is 33.2 Å². The van der Waals surface area contributed by atoms with Crippen LogP contribution in [0.25, 0.3) is 0 Å². The Labute approximate surface area is 106 Å². The zero-order chi connectivity index (χ0) is 13.0. The van der Waals surface area contributed by atoms with E-state index in [4.69, 9.17) is 0 Å². The molecule has 0 atom stereocenters. The van der Waals surface area contributed by atoms with Gasteiger partial charge in [0.1, 0.15) is 0 Å². The predicted octanol–water partition coefficient (Wildman–Crippen LogP) is 1.04. The molecule has 0 saturated carbocycles. The minimum atomic E-state index is 0.0322. The molecule has 1 amide bonds. The quantitative estimate of drug-likeness (QED) is 0.578. The van der Waals surface area contributed by atoms with Gasteiger partial charge in [-0.25, -0.2) is 4.79 Å². The van der Waals surface area contributed by atoms with E-state index in [-0.39, 0.29) is 5.91 Å². The molecule has 0 aliphatic carbocycles. The van der Waals surface area contributed by atoms with Crippen LogP contribution in [0.4, 0.5) is 5.69 Å². The zero-order valence-electron chi connectivity index (χ0n) is 10.3. The second-order valence-corrected chi connectivity index (χ2v) is 4.35. The van der Waals surface area contributed by atoms with Gasteiger partial charge in [0.15, 0.2) is 0 Å². The SMILES string of the molecule is CN1CCN(C(=O)c2ccc(N=C=O)cc2)CC1. The third-order valence-electron chi connectivity index (χ3n) is 3.08. The van der Waals surface area contributed by atoms with Crippen LogP contribution in [-0.4, -0.2) is 55.0 Å². The summed E-state index contributed by atoms with van der Waals surface area (Å²) >= 11 is 0. The summed E-state index contributed by atoms with van der Waals surface area (Å²) in [6.07, 6.45) is 1.48. The first kappa shape index (κ1) is 12.5. The van der Waals surface area contributed by atoms with Crippen LogP contribution >= 0.6 is 0 Å². The Hall–Kier alpha value is -1.97. The number of amides is 1. The van der Waals surface area contributed by atoms with Crippen molar-refractivity contribution < 1.29 is 9.59 Å². The number of carbonyl (C=O) groups is 1. The molecule has 1 aliphatic heterocycles. The molecule has 94 valence electrons. The molecule has 1 fully saturated rings. The van der Waals surface area contributed by atoms with Crippen molar-refractivity contribution in [3.63, 3.8) is 0 Å². The largest absolute Gasteiger partial charge is 0.336 e. The van der Waals surface area contributed by atoms with Crippen molar-refractivity contribution in [3.05, 3.63) is 29.8 Å². The first-order chi connectivity index (χ1) is 8.70. The third-order valence-corrected chi connectivity index (χ3v) is 3.08. The summed E-state index contributed by atoms with van der Waals surface area (Å²) in [5.41, 5.74) is 1.14. The molecule has 18 heavy (non-hydrogen) atoms. The Morgan fingerprint density at radius 2 is 1.78 bits per heavy atom. The number of likely N-dealkylation sites (N-methyl/N-ethyl adjacent to an activating group) is 1. The molecule has 1 heterocycles. The van der Waals surface area contributed by atoms with Gasteiger partial charge in [-0.15, -0.1) is 0 Å². The Balaban J connectivity index is 2.06. The van der Waals surface area contributed by atoms with Crippen molar-refractivity contribution in [2.45, 2.75) is 0 Å². The van der Waals surface area contributed by atoms with Gasteiger partial charge in [0.05, 0.1) is 5.69 Å². The van der Waals surface area contributed by atoms with Gasteiger partial charge in [-0.05, 0) is 31.3 Å². The van der Waals surface area contributed by atoms with Gasteiger partial charge in [-0.1, -0.05) is 0 Å². The van der Waals surface area contributed by atoms with E-state index >= 15 is 0 Å². The van der Waals surface area contributed by atoms with Crippen LogP contribution in [0.2, 0.25) is 0 Å². The van der Waals surface area contributed by atoms with E-state index in [9.17, 15) is 9.59 Å². The van der Waals surface area contributed by atoms with Gasteiger partial charge in [0.25, 0.3) is 5.91 Å². The number of piperazine rings is 1. The fourth-order valence-electron chi connectivity index (χ4n) is 1.92. The van der Waals surface area contributed by atoms with Crippen LogP contribution in [0, 0.1) is 0 Å². The average molecular weight is 245 g/mol. The number of benzene rings is 1. The molecule has 0 unspecified atom stereocenters. The lowest BCUT2D eigenvalue weighted by Crippen LogP contribution is -2.47. The highest BCUT2D eigenvalue weighted by molar-refractivity contribution is 5.94. The van der Waals surface area contributed by atoms with E-state index in [1.54, 1.807) is 24.3 Å². The van der Waals surface area contributed by atoms with E-state index in [0.717, 1.165) is 26.2 Å². The molecular weight excluding hydrogens is 230 g/mol. The number of nitrogens with zero attached hydrogens (tertiary/aromatic N) is 3. The summed E-state index contributed by atoms with van der Waals surface area (Å²) in [7, 11) is 2.05. The molecule has 5 heteroatoms. The molecule has 1 aromatic carbocycles. The number of hydrogen-bond acceptors (Lipinski definition) is 4. The lowest BCUT2D eigenvalue weighted by Gasteiger charge is -2.32. The zero-order valence-corrected chi connectivity index (χ0v) is 10.3. The number of hydrogen-bond donors (Lipinski definition) is 0. The third kappa shape index (κ3) is 2.83. The maximum absolute atomic E-state index is 12.2. The van der Waals surface area contributed by atoms with E-state index in [1.165, 1.54) is 6.08 Å². The van der Waals surface area contributed by atoms with E-state index in [2.05, 4.69) is 9.89 Å². The fourth-order valence-corrected chi connectivity index (χ4v) is 1.92. The topological polar surface area (TPSA) is 53.0 Å². The van der Waals surface area contributed by atoms with Gasteiger partial charge in [-0.3, -0.25) is 4.79 Å².